The molecule has 0 radical (unpaired) electrons. The van der Waals surface area contributed by atoms with Crippen molar-refractivity contribution >= 4 is 5.91 Å². The van der Waals surface area contributed by atoms with Gasteiger partial charge in [-0.2, -0.15) is 0 Å². The van der Waals surface area contributed by atoms with Crippen molar-refractivity contribution in [2.24, 2.45) is 11.8 Å². The van der Waals surface area contributed by atoms with Crippen molar-refractivity contribution in [3.05, 3.63) is 83.6 Å². The highest BCUT2D eigenvalue weighted by atomic mass is 19.1. The Morgan fingerprint density at radius 2 is 1.63 bits per heavy atom. The van der Waals surface area contributed by atoms with Crippen LogP contribution in [0.4, 0.5) is 8.78 Å². The molecule has 1 saturated carbocycles. The van der Waals surface area contributed by atoms with Crippen LogP contribution in [-0.2, 0) is 5.60 Å². The number of halogens is 2. The van der Waals surface area contributed by atoms with Gasteiger partial charge in [0.05, 0.1) is 5.60 Å². The maximum atomic E-state index is 13.3. The molecule has 0 bridgehead atoms. The molecule has 0 spiro atoms. The molecule has 2 aromatic carbocycles. The van der Waals surface area contributed by atoms with E-state index in [4.69, 9.17) is 4.42 Å². The number of aliphatic hydroxyl groups is 1. The average molecular weight is 409 g/mol. The highest BCUT2D eigenvalue weighted by Crippen LogP contribution is 2.50. The van der Waals surface area contributed by atoms with Crippen LogP contribution in [0.3, 0.4) is 0 Å². The molecule has 0 unspecified atom stereocenters. The van der Waals surface area contributed by atoms with Gasteiger partial charge in [0.25, 0.3) is 5.91 Å². The molecule has 1 amide bonds. The molecule has 3 atom stereocenters. The molecule has 4 nitrogen and oxygen atoms in total. The van der Waals surface area contributed by atoms with Crippen molar-refractivity contribution in [3.8, 4) is 11.3 Å². The highest BCUT2D eigenvalue weighted by molar-refractivity contribution is 5.92. The largest absolute Gasteiger partial charge is 0.451 e. The third kappa shape index (κ3) is 3.12. The summed E-state index contributed by atoms with van der Waals surface area (Å²) in [4.78, 5) is 14.7. The van der Waals surface area contributed by atoms with Gasteiger partial charge in [-0.1, -0.05) is 12.1 Å². The first-order valence-electron chi connectivity index (χ1n) is 10.1. The summed E-state index contributed by atoms with van der Waals surface area (Å²) >= 11 is 0. The molecule has 154 valence electrons. The van der Waals surface area contributed by atoms with Crippen LogP contribution in [0.2, 0.25) is 0 Å². The minimum absolute atomic E-state index is 0.0987. The maximum Gasteiger partial charge on any atom is 0.289 e. The van der Waals surface area contributed by atoms with Gasteiger partial charge < -0.3 is 14.4 Å². The van der Waals surface area contributed by atoms with Crippen LogP contribution in [-0.4, -0.2) is 29.0 Å². The lowest BCUT2D eigenvalue weighted by Gasteiger charge is -2.30. The van der Waals surface area contributed by atoms with Gasteiger partial charge in [-0.25, -0.2) is 8.78 Å². The first-order chi connectivity index (χ1) is 14.4. The zero-order chi connectivity index (χ0) is 20.9. The molecule has 1 saturated heterocycles. The zero-order valence-electron chi connectivity index (χ0n) is 16.2. The van der Waals surface area contributed by atoms with E-state index in [9.17, 15) is 18.7 Å². The van der Waals surface area contributed by atoms with E-state index in [1.807, 2.05) is 0 Å². The lowest BCUT2D eigenvalue weighted by molar-refractivity contribution is -0.00606. The summed E-state index contributed by atoms with van der Waals surface area (Å²) in [7, 11) is 0. The minimum atomic E-state index is -1.06. The molecular formula is C24H21F2NO3. The Kier molecular flexibility index (Phi) is 4.47. The average Bonchev–Trinajstić information content (AvgIpc) is 3.46. The summed E-state index contributed by atoms with van der Waals surface area (Å²) in [5.74, 6) is -0.0814. The Balaban J connectivity index is 1.34. The van der Waals surface area contributed by atoms with Crippen LogP contribution < -0.4 is 0 Å². The van der Waals surface area contributed by atoms with Crippen molar-refractivity contribution in [1.82, 2.24) is 4.90 Å². The summed E-state index contributed by atoms with van der Waals surface area (Å²) in [6, 6.07) is 15.2. The second-order valence-corrected chi connectivity index (χ2v) is 8.22. The number of hydrogen-bond donors (Lipinski definition) is 1. The fourth-order valence-corrected chi connectivity index (χ4v) is 4.94. The van der Waals surface area contributed by atoms with Gasteiger partial charge in [0.1, 0.15) is 17.4 Å². The van der Waals surface area contributed by atoms with Crippen LogP contribution in [0.5, 0.6) is 0 Å². The monoisotopic (exact) mass is 409 g/mol. The quantitative estimate of drug-likeness (QED) is 0.688. The summed E-state index contributed by atoms with van der Waals surface area (Å²) in [5.41, 5.74) is 0.331. The summed E-state index contributed by atoms with van der Waals surface area (Å²) in [6.45, 7) is 0.976. The zero-order valence-corrected chi connectivity index (χ0v) is 16.2. The van der Waals surface area contributed by atoms with Gasteiger partial charge in [-0.05, 0) is 72.9 Å². The SMILES string of the molecule is O=C(c1ccc(-c2ccc(F)cc2)o1)N1C[C@H]2CC[C@](O)(c3ccc(F)cc3)[C@H]2C1. The fraction of sp³-hybridized carbons (Fsp3) is 0.292. The van der Waals surface area contributed by atoms with E-state index in [1.165, 1.54) is 24.3 Å². The van der Waals surface area contributed by atoms with Crippen LogP contribution in [0, 0.1) is 23.5 Å². The number of fused-ring (bicyclic) bond motifs is 1. The number of hydrogen-bond acceptors (Lipinski definition) is 3. The first kappa shape index (κ1) is 19.0. The van der Waals surface area contributed by atoms with E-state index in [-0.39, 0.29) is 35.1 Å². The Bertz CT molecular complexity index is 1080. The predicted octanol–water partition coefficient (Wildman–Crippen LogP) is 4.59. The second kappa shape index (κ2) is 7.06. The standard InChI is InChI=1S/C24H21F2NO3/c25-18-5-1-15(2-6-18)21-9-10-22(30-21)23(28)27-13-16-11-12-24(29,20(16)14-27)17-3-7-19(26)8-4-17/h1-10,16,20,29H,11-14H2/t16-,20+,24+/m1/s1. The highest BCUT2D eigenvalue weighted by Gasteiger charge is 2.53. The number of benzene rings is 2. The Hall–Kier alpha value is -2.99. The number of carbonyl (C=O) groups is 1. The van der Waals surface area contributed by atoms with Crippen molar-refractivity contribution in [3.63, 3.8) is 0 Å². The van der Waals surface area contributed by atoms with Gasteiger partial charge in [-0.15, -0.1) is 0 Å². The topological polar surface area (TPSA) is 53.7 Å². The van der Waals surface area contributed by atoms with Crippen molar-refractivity contribution < 1.29 is 23.1 Å². The number of amides is 1. The number of rotatable bonds is 3. The Morgan fingerprint density at radius 3 is 2.33 bits per heavy atom. The molecule has 1 N–H and O–H groups in total. The van der Waals surface area contributed by atoms with Crippen molar-refractivity contribution in [1.29, 1.82) is 0 Å². The van der Waals surface area contributed by atoms with Gasteiger partial charge in [0.15, 0.2) is 5.76 Å². The third-order valence-corrected chi connectivity index (χ3v) is 6.53. The molecule has 1 aromatic heterocycles. The summed E-state index contributed by atoms with van der Waals surface area (Å²) < 4.78 is 32.2. The van der Waals surface area contributed by atoms with Crippen LogP contribution in [0.25, 0.3) is 11.3 Å². The van der Waals surface area contributed by atoms with Crippen molar-refractivity contribution in [2.45, 2.75) is 18.4 Å². The van der Waals surface area contributed by atoms with Crippen LogP contribution in [0.15, 0.2) is 65.1 Å². The molecule has 30 heavy (non-hydrogen) atoms. The number of furan rings is 1. The number of nitrogens with zero attached hydrogens (tertiary/aromatic N) is 1. The molecule has 3 aromatic rings. The van der Waals surface area contributed by atoms with E-state index >= 15 is 0 Å². The van der Waals surface area contributed by atoms with Gasteiger partial charge in [-0.3, -0.25) is 4.79 Å². The number of carbonyl (C=O) groups excluding carboxylic acids is 1. The maximum absolute atomic E-state index is 13.3. The fourth-order valence-electron chi connectivity index (χ4n) is 4.94. The Morgan fingerprint density at radius 1 is 0.967 bits per heavy atom. The van der Waals surface area contributed by atoms with Crippen LogP contribution >= 0.6 is 0 Å². The van der Waals surface area contributed by atoms with E-state index < -0.39 is 5.60 Å². The van der Waals surface area contributed by atoms with Crippen molar-refractivity contribution in [2.75, 3.05) is 13.1 Å². The van der Waals surface area contributed by atoms with E-state index in [2.05, 4.69) is 0 Å². The molecule has 5 rings (SSSR count). The van der Waals surface area contributed by atoms with Gasteiger partial charge in [0.2, 0.25) is 0 Å². The third-order valence-electron chi connectivity index (χ3n) is 6.53. The summed E-state index contributed by atoms with van der Waals surface area (Å²) in [6.07, 6.45) is 1.41. The van der Waals surface area contributed by atoms with E-state index in [0.29, 0.717) is 36.4 Å². The first-order valence-corrected chi connectivity index (χ1v) is 10.1. The number of likely N-dealkylation sites (tertiary alicyclic amines) is 1. The smallest absolute Gasteiger partial charge is 0.289 e. The van der Waals surface area contributed by atoms with E-state index in [1.54, 1.807) is 41.3 Å². The molecule has 6 heteroatoms. The molecule has 2 heterocycles. The minimum Gasteiger partial charge on any atom is -0.451 e. The normalized spacial score (nSPS) is 25.5. The molecular weight excluding hydrogens is 388 g/mol. The van der Waals surface area contributed by atoms with Crippen LogP contribution in [0.1, 0.15) is 29.0 Å². The van der Waals surface area contributed by atoms with Gasteiger partial charge >= 0.3 is 0 Å². The lowest BCUT2D eigenvalue weighted by atomic mass is 9.82. The second-order valence-electron chi connectivity index (χ2n) is 8.22. The van der Waals surface area contributed by atoms with Gasteiger partial charge in [0, 0.05) is 24.6 Å². The summed E-state index contributed by atoms with van der Waals surface area (Å²) in [5, 5.41) is 11.4. The molecule has 1 aliphatic heterocycles. The molecule has 2 fully saturated rings. The lowest BCUT2D eigenvalue weighted by Crippen LogP contribution is -2.36. The Labute approximate surface area is 172 Å². The molecule has 2 aliphatic rings. The molecule has 1 aliphatic carbocycles. The van der Waals surface area contributed by atoms with E-state index in [0.717, 1.165) is 6.42 Å². The predicted molar refractivity (Wildman–Crippen MR) is 107 cm³/mol.